The zero-order valence-corrected chi connectivity index (χ0v) is 18.3. The van der Waals surface area contributed by atoms with E-state index in [2.05, 4.69) is 16.7 Å². The summed E-state index contributed by atoms with van der Waals surface area (Å²) >= 11 is 1.58. The zero-order valence-electron chi connectivity index (χ0n) is 17.5. The van der Waals surface area contributed by atoms with E-state index in [0.717, 1.165) is 41.4 Å². The average molecular weight is 445 g/mol. The molecule has 5 amide bonds. The Hall–Kier alpha value is -2.42. The number of rotatable bonds is 7. The first kappa shape index (κ1) is 20.5. The second-order valence-electron chi connectivity index (χ2n) is 9.31. The van der Waals surface area contributed by atoms with Crippen LogP contribution in [0.4, 0.5) is 4.79 Å². The summed E-state index contributed by atoms with van der Waals surface area (Å²) in [7, 11) is 0. The van der Waals surface area contributed by atoms with Gasteiger partial charge in [-0.05, 0) is 68.4 Å². The van der Waals surface area contributed by atoms with Crippen molar-refractivity contribution in [1.82, 2.24) is 20.4 Å². The molecule has 9 heteroatoms. The SMILES string of the molecule is O=C(NCC1CC2CCC1N(C(=O)CN1C(=O)CNC1=O)C2)c1ccc(CC2CC2)s1. The molecule has 8 nitrogen and oxygen atoms in total. The van der Waals surface area contributed by atoms with Gasteiger partial charge in [-0.25, -0.2) is 4.79 Å². The molecule has 1 aromatic rings. The molecule has 166 valence electrons. The Labute approximate surface area is 185 Å². The minimum Gasteiger partial charge on any atom is -0.351 e. The second kappa shape index (κ2) is 8.26. The van der Waals surface area contributed by atoms with Crippen LogP contribution in [0.5, 0.6) is 0 Å². The molecule has 4 heterocycles. The van der Waals surface area contributed by atoms with Crippen LogP contribution in [0.1, 0.15) is 46.7 Å². The highest BCUT2D eigenvalue weighted by Gasteiger charge is 2.44. The van der Waals surface area contributed by atoms with Crippen molar-refractivity contribution in [1.29, 1.82) is 0 Å². The molecule has 0 spiro atoms. The maximum atomic E-state index is 12.9. The van der Waals surface area contributed by atoms with Crippen LogP contribution in [0.15, 0.2) is 12.1 Å². The molecule has 2 saturated carbocycles. The Bertz CT molecular complexity index is 895. The van der Waals surface area contributed by atoms with Gasteiger partial charge >= 0.3 is 6.03 Å². The third kappa shape index (κ3) is 4.33. The number of hydrogen-bond acceptors (Lipinski definition) is 5. The summed E-state index contributed by atoms with van der Waals surface area (Å²) in [6.07, 6.45) is 6.66. The van der Waals surface area contributed by atoms with Gasteiger partial charge in [0.1, 0.15) is 6.54 Å². The molecule has 5 fully saturated rings. The van der Waals surface area contributed by atoms with Crippen LogP contribution in [0, 0.1) is 17.8 Å². The minimum absolute atomic E-state index is 0.0364. The second-order valence-corrected chi connectivity index (χ2v) is 10.5. The molecule has 1 aromatic heterocycles. The van der Waals surface area contributed by atoms with E-state index < -0.39 is 6.03 Å². The minimum atomic E-state index is -0.499. The molecule has 0 aromatic carbocycles. The first-order chi connectivity index (χ1) is 15.0. The third-order valence-corrected chi connectivity index (χ3v) is 8.16. The number of urea groups is 1. The van der Waals surface area contributed by atoms with Crippen molar-refractivity contribution in [3.63, 3.8) is 0 Å². The van der Waals surface area contributed by atoms with Crippen molar-refractivity contribution in [3.05, 3.63) is 21.9 Å². The summed E-state index contributed by atoms with van der Waals surface area (Å²) in [6, 6.07) is 3.53. The fourth-order valence-electron chi connectivity index (χ4n) is 5.21. The van der Waals surface area contributed by atoms with Gasteiger partial charge in [-0.1, -0.05) is 0 Å². The molecule has 3 aliphatic heterocycles. The van der Waals surface area contributed by atoms with Crippen LogP contribution in [-0.2, 0) is 16.0 Å². The summed E-state index contributed by atoms with van der Waals surface area (Å²) in [5.74, 6) is 0.837. The van der Waals surface area contributed by atoms with Crippen molar-refractivity contribution < 1.29 is 19.2 Å². The quantitative estimate of drug-likeness (QED) is 0.624. The first-order valence-corrected chi connectivity index (χ1v) is 12.0. The topological polar surface area (TPSA) is 98.8 Å². The van der Waals surface area contributed by atoms with Gasteiger partial charge < -0.3 is 15.5 Å². The Morgan fingerprint density at radius 1 is 1.16 bits per heavy atom. The van der Waals surface area contributed by atoms with Gasteiger partial charge in [0.15, 0.2) is 0 Å². The van der Waals surface area contributed by atoms with Crippen molar-refractivity contribution in [3.8, 4) is 0 Å². The van der Waals surface area contributed by atoms with Crippen LogP contribution < -0.4 is 10.6 Å². The predicted octanol–water partition coefficient (Wildman–Crippen LogP) is 1.61. The number of nitrogens with zero attached hydrogens (tertiary/aromatic N) is 2. The smallest absolute Gasteiger partial charge is 0.325 e. The largest absolute Gasteiger partial charge is 0.351 e. The van der Waals surface area contributed by atoms with E-state index >= 15 is 0 Å². The van der Waals surface area contributed by atoms with Crippen LogP contribution in [0.2, 0.25) is 0 Å². The van der Waals surface area contributed by atoms with E-state index in [1.165, 1.54) is 17.7 Å². The summed E-state index contributed by atoms with van der Waals surface area (Å²) in [5, 5.41) is 5.54. The fourth-order valence-corrected chi connectivity index (χ4v) is 6.25. The van der Waals surface area contributed by atoms with Crippen molar-refractivity contribution >= 4 is 35.1 Å². The predicted molar refractivity (Wildman–Crippen MR) is 115 cm³/mol. The number of nitrogens with one attached hydrogen (secondary N) is 2. The third-order valence-electron chi connectivity index (χ3n) is 7.05. The lowest BCUT2D eigenvalue weighted by Gasteiger charge is -2.50. The highest BCUT2D eigenvalue weighted by Crippen LogP contribution is 2.39. The van der Waals surface area contributed by atoms with Gasteiger partial charge in [0.25, 0.3) is 11.8 Å². The maximum absolute atomic E-state index is 12.9. The molecule has 5 aliphatic rings. The van der Waals surface area contributed by atoms with Gasteiger partial charge in [-0.3, -0.25) is 19.3 Å². The van der Waals surface area contributed by atoms with Gasteiger partial charge in [-0.15, -0.1) is 11.3 Å². The molecule has 6 rings (SSSR count). The lowest BCUT2D eigenvalue weighted by Crippen LogP contribution is -2.59. The lowest BCUT2D eigenvalue weighted by molar-refractivity contribution is -0.144. The zero-order chi connectivity index (χ0) is 21.5. The fraction of sp³-hybridized carbons (Fsp3) is 0.636. The molecular weight excluding hydrogens is 416 g/mol. The molecule has 2 bridgehead atoms. The summed E-state index contributed by atoms with van der Waals surface area (Å²) in [6.45, 7) is 0.972. The Morgan fingerprint density at radius 3 is 2.71 bits per heavy atom. The van der Waals surface area contributed by atoms with Gasteiger partial charge in [-0.2, -0.15) is 0 Å². The van der Waals surface area contributed by atoms with Crippen molar-refractivity contribution in [2.45, 2.75) is 44.6 Å². The summed E-state index contributed by atoms with van der Waals surface area (Å²) < 4.78 is 0. The Kier molecular flexibility index (Phi) is 5.45. The van der Waals surface area contributed by atoms with Crippen molar-refractivity contribution in [2.75, 3.05) is 26.2 Å². The monoisotopic (exact) mass is 444 g/mol. The highest BCUT2D eigenvalue weighted by atomic mass is 32.1. The molecule has 3 unspecified atom stereocenters. The maximum Gasteiger partial charge on any atom is 0.325 e. The number of fused-ring (bicyclic) bond motifs is 3. The molecular formula is C22H28N4O4S. The Morgan fingerprint density at radius 2 is 2.00 bits per heavy atom. The Balaban J connectivity index is 1.17. The van der Waals surface area contributed by atoms with Crippen molar-refractivity contribution in [2.24, 2.45) is 17.8 Å². The van der Waals surface area contributed by atoms with E-state index in [0.29, 0.717) is 19.0 Å². The molecule has 2 aliphatic carbocycles. The van der Waals surface area contributed by atoms with E-state index in [-0.39, 0.29) is 42.8 Å². The molecule has 3 saturated heterocycles. The van der Waals surface area contributed by atoms with Gasteiger partial charge in [0, 0.05) is 24.0 Å². The molecule has 0 radical (unpaired) electrons. The van der Waals surface area contributed by atoms with Gasteiger partial charge in [0.2, 0.25) is 5.91 Å². The average Bonchev–Trinajstić information content (AvgIpc) is 3.38. The number of carbonyl (C=O) groups excluding carboxylic acids is 4. The van der Waals surface area contributed by atoms with Crippen LogP contribution >= 0.6 is 11.3 Å². The number of thiophene rings is 1. The molecule has 31 heavy (non-hydrogen) atoms. The van der Waals surface area contributed by atoms with E-state index in [9.17, 15) is 19.2 Å². The first-order valence-electron chi connectivity index (χ1n) is 11.2. The van der Waals surface area contributed by atoms with E-state index in [4.69, 9.17) is 0 Å². The standard InChI is InChI=1S/C22H28N4O4S/c27-19-10-24-22(30)26(19)12-20(28)25-11-14-3-5-17(25)15(7-14)9-23-21(29)18-6-4-16(31-18)8-13-1-2-13/h4,6,13-15,17H,1-3,5,7-12H2,(H,23,29)(H,24,30). The molecule has 2 N–H and O–H groups in total. The number of piperidine rings is 2. The highest BCUT2D eigenvalue weighted by molar-refractivity contribution is 7.14. The number of hydrogen-bond donors (Lipinski definition) is 2. The van der Waals surface area contributed by atoms with E-state index in [1.54, 1.807) is 11.3 Å². The molecule has 3 atom stereocenters. The lowest BCUT2D eigenvalue weighted by atomic mass is 9.72. The normalized spacial score (nSPS) is 27.5. The summed E-state index contributed by atoms with van der Waals surface area (Å²) in [5.41, 5.74) is 0. The number of carbonyl (C=O) groups is 4. The summed E-state index contributed by atoms with van der Waals surface area (Å²) in [4.78, 5) is 54.0. The number of amides is 5. The van der Waals surface area contributed by atoms with E-state index in [1.807, 2.05) is 11.0 Å². The van der Waals surface area contributed by atoms with Crippen LogP contribution in [-0.4, -0.2) is 65.8 Å². The van der Waals surface area contributed by atoms with Gasteiger partial charge in [0.05, 0.1) is 11.4 Å². The number of imide groups is 1. The van der Waals surface area contributed by atoms with Crippen LogP contribution in [0.3, 0.4) is 0 Å². The van der Waals surface area contributed by atoms with Crippen LogP contribution in [0.25, 0.3) is 0 Å².